The van der Waals surface area contributed by atoms with Gasteiger partial charge in [0.1, 0.15) is 12.4 Å². The summed E-state index contributed by atoms with van der Waals surface area (Å²) in [7, 11) is 0. The summed E-state index contributed by atoms with van der Waals surface area (Å²) in [6, 6.07) is 14.7. The number of para-hydroxylation sites is 1. The van der Waals surface area contributed by atoms with Gasteiger partial charge < -0.3 is 10.1 Å². The molecule has 1 aromatic carbocycles. The second-order valence-electron chi connectivity index (χ2n) is 5.61. The van der Waals surface area contributed by atoms with Gasteiger partial charge in [-0.25, -0.2) is 5.48 Å². The van der Waals surface area contributed by atoms with Crippen molar-refractivity contribution in [1.29, 1.82) is 0 Å². The number of aromatic nitrogens is 1. The first kappa shape index (κ1) is 19.3. The van der Waals surface area contributed by atoms with Crippen molar-refractivity contribution in [3.8, 4) is 16.3 Å². The van der Waals surface area contributed by atoms with E-state index >= 15 is 0 Å². The lowest BCUT2D eigenvalue weighted by atomic mass is 10.2. The molecule has 27 heavy (non-hydrogen) atoms. The average molecular weight is 404 g/mol. The number of hydrogen-bond donors (Lipinski definition) is 3. The summed E-state index contributed by atoms with van der Waals surface area (Å²) in [5.41, 5.74) is 3.45. The predicted molar refractivity (Wildman–Crippen MR) is 105 cm³/mol. The van der Waals surface area contributed by atoms with Crippen LogP contribution in [0, 0.1) is 0 Å². The van der Waals surface area contributed by atoms with E-state index in [1.54, 1.807) is 23.8 Å². The smallest absolute Gasteiger partial charge is 0.284 e. The number of carbonyl (C=O) groups excluding carboxylic acids is 1. The number of thiophene rings is 1. The second-order valence-corrected chi connectivity index (χ2v) is 7.10. The molecule has 0 saturated heterocycles. The number of amides is 1. The summed E-state index contributed by atoms with van der Waals surface area (Å²) in [5.74, 6) is 0.156. The Balaban J connectivity index is 1.46. The first-order chi connectivity index (χ1) is 13.2. The molecule has 1 amide bonds. The Morgan fingerprint density at radius 3 is 2.78 bits per heavy atom. The Morgan fingerprint density at radius 2 is 2.04 bits per heavy atom. The molecular formula is C19H18ClN3O3S. The summed E-state index contributed by atoms with van der Waals surface area (Å²) in [6.07, 6.45) is 1.79. The number of benzene rings is 1. The zero-order valence-electron chi connectivity index (χ0n) is 14.3. The van der Waals surface area contributed by atoms with E-state index in [1.807, 2.05) is 36.4 Å². The molecule has 0 unspecified atom stereocenters. The number of nitrogens with one attached hydrogen (secondary N) is 2. The number of ether oxygens (including phenoxy) is 1. The van der Waals surface area contributed by atoms with Crippen molar-refractivity contribution in [3.05, 3.63) is 70.2 Å². The third-order valence-electron chi connectivity index (χ3n) is 3.71. The molecule has 140 valence electrons. The van der Waals surface area contributed by atoms with Crippen LogP contribution >= 0.6 is 22.9 Å². The van der Waals surface area contributed by atoms with Gasteiger partial charge in [0.05, 0.1) is 20.5 Å². The van der Waals surface area contributed by atoms with Crippen LogP contribution in [0.2, 0.25) is 5.02 Å². The zero-order chi connectivity index (χ0) is 19.1. The number of hydroxylamine groups is 1. The lowest BCUT2D eigenvalue weighted by molar-refractivity contribution is 0.0711. The van der Waals surface area contributed by atoms with E-state index < -0.39 is 5.91 Å². The van der Waals surface area contributed by atoms with E-state index in [0.717, 1.165) is 16.1 Å². The van der Waals surface area contributed by atoms with Crippen LogP contribution in [-0.4, -0.2) is 29.3 Å². The normalized spacial score (nSPS) is 10.6. The highest BCUT2D eigenvalue weighted by atomic mass is 35.5. The van der Waals surface area contributed by atoms with E-state index in [1.165, 1.54) is 11.3 Å². The van der Waals surface area contributed by atoms with Gasteiger partial charge in [0.2, 0.25) is 0 Å². The minimum atomic E-state index is -0.522. The molecule has 0 aliphatic carbocycles. The van der Waals surface area contributed by atoms with Crippen LogP contribution in [-0.2, 0) is 6.54 Å². The summed E-state index contributed by atoms with van der Waals surface area (Å²) in [5, 5.41) is 12.6. The summed E-state index contributed by atoms with van der Waals surface area (Å²) in [4.78, 5) is 17.1. The quantitative estimate of drug-likeness (QED) is 0.303. The summed E-state index contributed by atoms with van der Waals surface area (Å²) < 4.78 is 5.62. The van der Waals surface area contributed by atoms with Gasteiger partial charge in [0.15, 0.2) is 0 Å². The van der Waals surface area contributed by atoms with Crippen molar-refractivity contribution >= 4 is 28.8 Å². The number of nitrogens with zero attached hydrogens (tertiary/aromatic N) is 1. The highest BCUT2D eigenvalue weighted by molar-refractivity contribution is 7.17. The maximum absolute atomic E-state index is 11.4. The third-order valence-corrected chi connectivity index (χ3v) is 5.13. The van der Waals surface area contributed by atoms with Crippen molar-refractivity contribution in [1.82, 2.24) is 15.8 Å². The Morgan fingerprint density at radius 1 is 1.19 bits per heavy atom. The van der Waals surface area contributed by atoms with Gasteiger partial charge >= 0.3 is 0 Å². The van der Waals surface area contributed by atoms with Crippen molar-refractivity contribution in [2.75, 3.05) is 13.2 Å². The van der Waals surface area contributed by atoms with Crippen LogP contribution in [0.5, 0.6) is 5.75 Å². The van der Waals surface area contributed by atoms with Crippen molar-refractivity contribution < 1.29 is 14.7 Å². The largest absolute Gasteiger partial charge is 0.491 e. The molecular weight excluding hydrogens is 386 g/mol. The first-order valence-corrected chi connectivity index (χ1v) is 9.44. The lowest BCUT2D eigenvalue weighted by Gasteiger charge is -2.09. The van der Waals surface area contributed by atoms with Crippen LogP contribution in [0.4, 0.5) is 0 Å². The fraction of sp³-hybridized carbons (Fsp3) is 0.158. The molecule has 0 radical (unpaired) electrons. The second kappa shape index (κ2) is 9.48. The molecule has 0 saturated carbocycles. The lowest BCUT2D eigenvalue weighted by Crippen LogP contribution is -2.20. The molecule has 0 aliphatic heterocycles. The van der Waals surface area contributed by atoms with E-state index in [-0.39, 0.29) is 0 Å². The first-order valence-electron chi connectivity index (χ1n) is 8.25. The standard InChI is InChI=1S/C19H18ClN3O3S/c20-14-3-1-2-4-16(14)26-10-9-21-11-13-5-6-15(22-12-13)17-7-8-18(27-17)19(24)23-25/h1-8,12,21,25H,9-11H2,(H,23,24). The monoisotopic (exact) mass is 403 g/mol. The highest BCUT2D eigenvalue weighted by Crippen LogP contribution is 2.26. The molecule has 0 spiro atoms. The van der Waals surface area contributed by atoms with Gasteiger partial charge in [-0.1, -0.05) is 29.8 Å². The average Bonchev–Trinajstić information content (AvgIpc) is 3.19. The molecule has 0 aliphatic rings. The topological polar surface area (TPSA) is 83.5 Å². The van der Waals surface area contributed by atoms with Crippen LogP contribution < -0.4 is 15.5 Å². The minimum Gasteiger partial charge on any atom is -0.491 e. The van der Waals surface area contributed by atoms with Crippen LogP contribution in [0.25, 0.3) is 10.6 Å². The third kappa shape index (κ3) is 5.27. The minimum absolute atomic E-state index is 0.429. The molecule has 3 rings (SSSR count). The van der Waals surface area contributed by atoms with Crippen molar-refractivity contribution in [2.45, 2.75) is 6.54 Å². The number of hydrogen-bond acceptors (Lipinski definition) is 6. The molecule has 0 bridgehead atoms. The van der Waals surface area contributed by atoms with Gasteiger partial charge in [-0.3, -0.25) is 15.0 Å². The maximum atomic E-state index is 11.4. The highest BCUT2D eigenvalue weighted by Gasteiger charge is 2.10. The molecule has 0 fully saturated rings. The molecule has 0 atom stereocenters. The van der Waals surface area contributed by atoms with E-state index in [0.29, 0.717) is 35.3 Å². The molecule has 2 aromatic heterocycles. The summed E-state index contributed by atoms with van der Waals surface area (Å²) in [6.45, 7) is 1.86. The fourth-order valence-electron chi connectivity index (χ4n) is 2.36. The number of rotatable bonds is 8. The van der Waals surface area contributed by atoms with Gasteiger partial charge in [-0.2, -0.15) is 0 Å². The fourth-order valence-corrected chi connectivity index (χ4v) is 3.42. The Hall–Kier alpha value is -2.45. The Kier molecular flexibility index (Phi) is 6.78. The van der Waals surface area contributed by atoms with Crippen LogP contribution in [0.3, 0.4) is 0 Å². The van der Waals surface area contributed by atoms with Crippen LogP contribution in [0.1, 0.15) is 15.2 Å². The molecule has 3 N–H and O–H groups in total. The SMILES string of the molecule is O=C(NO)c1ccc(-c2ccc(CNCCOc3ccccc3Cl)cn2)s1. The van der Waals surface area contributed by atoms with E-state index in [2.05, 4.69) is 10.3 Å². The molecule has 8 heteroatoms. The molecule has 3 aromatic rings. The Labute approximate surface area is 165 Å². The van der Waals surface area contributed by atoms with Gasteiger partial charge in [0.25, 0.3) is 5.91 Å². The zero-order valence-corrected chi connectivity index (χ0v) is 15.9. The van der Waals surface area contributed by atoms with E-state index in [4.69, 9.17) is 21.5 Å². The van der Waals surface area contributed by atoms with Gasteiger partial charge in [-0.05, 0) is 35.9 Å². The number of pyridine rings is 1. The van der Waals surface area contributed by atoms with Crippen molar-refractivity contribution in [2.24, 2.45) is 0 Å². The number of carbonyl (C=O) groups is 1. The Bertz CT molecular complexity index is 899. The van der Waals surface area contributed by atoms with Gasteiger partial charge in [-0.15, -0.1) is 11.3 Å². The predicted octanol–water partition coefficient (Wildman–Crippen LogP) is 3.75. The van der Waals surface area contributed by atoms with Crippen LogP contribution in [0.15, 0.2) is 54.7 Å². The molecule has 6 nitrogen and oxygen atoms in total. The maximum Gasteiger partial charge on any atom is 0.284 e. The number of halogens is 1. The van der Waals surface area contributed by atoms with Gasteiger partial charge in [0, 0.05) is 19.3 Å². The summed E-state index contributed by atoms with van der Waals surface area (Å²) >= 11 is 7.31. The van der Waals surface area contributed by atoms with E-state index in [9.17, 15) is 4.79 Å². The molecule has 2 heterocycles. The van der Waals surface area contributed by atoms with Crippen molar-refractivity contribution in [3.63, 3.8) is 0 Å².